The van der Waals surface area contributed by atoms with Gasteiger partial charge >= 0.3 is 0 Å². The summed E-state index contributed by atoms with van der Waals surface area (Å²) < 4.78 is 18.2. The molecule has 2 heterocycles. The zero-order chi connectivity index (χ0) is 22.2. The van der Waals surface area contributed by atoms with Gasteiger partial charge < -0.3 is 25.3 Å². The molecular formula is C24H34N2O4S. The van der Waals surface area contributed by atoms with Crippen LogP contribution in [0.25, 0.3) is 0 Å². The van der Waals surface area contributed by atoms with Crippen LogP contribution in [0.2, 0.25) is 0 Å². The molecule has 3 N–H and O–H groups in total. The van der Waals surface area contributed by atoms with E-state index >= 15 is 0 Å². The lowest BCUT2D eigenvalue weighted by Crippen LogP contribution is -2.59. The number of carbonyl (C=O) groups excluding carboxylic acids is 1. The fraction of sp³-hybridized carbons (Fsp3) is 0.625. The molecule has 6 nitrogen and oxygen atoms in total. The number of hydrogen-bond donors (Lipinski definition) is 2. The van der Waals surface area contributed by atoms with E-state index in [-0.39, 0.29) is 41.3 Å². The summed E-state index contributed by atoms with van der Waals surface area (Å²) in [5, 5.41) is 3.23. The molecule has 1 unspecified atom stereocenters. The number of epoxide rings is 2. The van der Waals surface area contributed by atoms with Crippen LogP contribution in [-0.4, -0.2) is 54.8 Å². The maximum atomic E-state index is 12.7. The van der Waals surface area contributed by atoms with Gasteiger partial charge in [-0.3, -0.25) is 4.79 Å². The van der Waals surface area contributed by atoms with E-state index in [9.17, 15) is 4.79 Å². The Balaban J connectivity index is 1.40. The van der Waals surface area contributed by atoms with E-state index in [1.54, 1.807) is 7.11 Å². The minimum absolute atomic E-state index is 0.0169. The largest absolute Gasteiger partial charge is 0.399 e. The van der Waals surface area contributed by atoms with Crippen molar-refractivity contribution in [2.45, 2.75) is 74.4 Å². The molecule has 1 spiro atoms. The Morgan fingerprint density at radius 2 is 2.06 bits per heavy atom. The lowest BCUT2D eigenvalue weighted by Gasteiger charge is -2.43. The van der Waals surface area contributed by atoms with E-state index in [1.807, 2.05) is 24.3 Å². The molecule has 7 heteroatoms. The van der Waals surface area contributed by atoms with E-state index in [0.717, 1.165) is 36.5 Å². The Hall–Kier alpha value is -1.54. The molecule has 1 amide bonds. The molecule has 0 bridgehead atoms. The average Bonchev–Trinajstić information content (AvgIpc) is 3.65. The summed E-state index contributed by atoms with van der Waals surface area (Å²) in [5.41, 5.74) is 7.30. The van der Waals surface area contributed by atoms with Gasteiger partial charge in [0.15, 0.2) is 0 Å². The zero-order valence-electron chi connectivity index (χ0n) is 18.9. The zero-order valence-corrected chi connectivity index (χ0v) is 19.7. The number of ether oxygens (including phenoxy) is 3. The topological polar surface area (TPSA) is 89.4 Å². The van der Waals surface area contributed by atoms with Crippen molar-refractivity contribution < 1.29 is 19.0 Å². The molecule has 2 saturated heterocycles. The van der Waals surface area contributed by atoms with E-state index in [0.29, 0.717) is 5.75 Å². The first-order valence-electron chi connectivity index (χ1n) is 11.0. The highest BCUT2D eigenvalue weighted by Gasteiger charge is 2.71. The number of rotatable bonds is 8. The highest BCUT2D eigenvalue weighted by molar-refractivity contribution is 8.00. The third-order valence-corrected chi connectivity index (χ3v) is 7.90. The average molecular weight is 447 g/mol. The van der Waals surface area contributed by atoms with Crippen LogP contribution in [0, 0.1) is 5.92 Å². The molecule has 1 saturated carbocycles. The molecular weight excluding hydrogens is 412 g/mol. The van der Waals surface area contributed by atoms with Gasteiger partial charge in [0.1, 0.15) is 5.60 Å². The molecule has 3 fully saturated rings. The van der Waals surface area contributed by atoms with Crippen LogP contribution in [0.4, 0.5) is 5.69 Å². The number of anilines is 1. The Labute approximate surface area is 189 Å². The molecule has 170 valence electrons. The number of carbonyl (C=O) groups is 1. The summed E-state index contributed by atoms with van der Waals surface area (Å²) in [5.74, 6) is 0.479. The minimum atomic E-state index is -0.286. The fourth-order valence-electron chi connectivity index (χ4n) is 5.10. The highest BCUT2D eigenvalue weighted by Crippen LogP contribution is 2.59. The third-order valence-electron chi connectivity index (χ3n) is 6.89. The first-order valence-corrected chi connectivity index (χ1v) is 12.0. The molecule has 6 atom stereocenters. The summed E-state index contributed by atoms with van der Waals surface area (Å²) in [6.07, 6.45) is 4.93. The van der Waals surface area contributed by atoms with Crippen LogP contribution in [0.3, 0.4) is 0 Å². The first kappa shape index (κ1) is 22.6. The Morgan fingerprint density at radius 3 is 2.68 bits per heavy atom. The van der Waals surface area contributed by atoms with E-state index in [4.69, 9.17) is 19.9 Å². The molecule has 4 rings (SSSR count). The molecule has 1 aromatic rings. The van der Waals surface area contributed by atoms with Crippen molar-refractivity contribution in [3.8, 4) is 0 Å². The molecule has 1 aliphatic carbocycles. The summed E-state index contributed by atoms with van der Waals surface area (Å²) in [6, 6.07) is 7.53. The van der Waals surface area contributed by atoms with E-state index in [1.165, 1.54) is 17.3 Å². The number of thioether (sulfide) groups is 1. The number of nitrogen functional groups attached to an aromatic ring is 1. The molecule has 0 radical (unpaired) electrons. The van der Waals surface area contributed by atoms with Gasteiger partial charge in [-0.15, -0.1) is 11.8 Å². The van der Waals surface area contributed by atoms with Gasteiger partial charge in [-0.2, -0.15) is 0 Å². The van der Waals surface area contributed by atoms with Gasteiger partial charge in [-0.25, -0.2) is 0 Å². The summed E-state index contributed by atoms with van der Waals surface area (Å²) >= 11 is 1.51. The summed E-state index contributed by atoms with van der Waals surface area (Å²) in [6.45, 7) is 7.15. The quantitative estimate of drug-likeness (QED) is 0.275. The second kappa shape index (κ2) is 8.77. The smallest absolute Gasteiger partial charge is 0.230 e. The highest BCUT2D eigenvalue weighted by atomic mass is 32.2. The predicted molar refractivity (Wildman–Crippen MR) is 123 cm³/mol. The van der Waals surface area contributed by atoms with Crippen molar-refractivity contribution in [1.82, 2.24) is 5.32 Å². The predicted octanol–water partition coefficient (Wildman–Crippen LogP) is 3.55. The van der Waals surface area contributed by atoms with Crippen molar-refractivity contribution in [2.24, 2.45) is 5.92 Å². The molecule has 2 aliphatic heterocycles. The standard InChI is InChI=1S/C24H34N2O4S/c1-15(2)5-10-19-23(3,30-19)22-21(28-4)18(11-12-24(22)14-29-24)26-20(27)13-31-17-8-6-16(25)7-9-17/h5-9,18-19,21-22H,10-14,25H2,1-4H3,(H,26,27)/t18-,19-,21-,22-,23?,24+/m1/s1. The van der Waals surface area contributed by atoms with Gasteiger partial charge in [0.05, 0.1) is 36.2 Å². The Kier molecular flexibility index (Phi) is 6.41. The number of hydrogen-bond acceptors (Lipinski definition) is 6. The molecule has 0 aromatic heterocycles. The summed E-state index contributed by atoms with van der Waals surface area (Å²) in [7, 11) is 1.73. The van der Waals surface area contributed by atoms with Crippen molar-refractivity contribution >= 4 is 23.4 Å². The number of allylic oxidation sites excluding steroid dienone is 1. The van der Waals surface area contributed by atoms with Gasteiger partial charge in [0.25, 0.3) is 0 Å². The van der Waals surface area contributed by atoms with Crippen molar-refractivity contribution in [1.29, 1.82) is 0 Å². The maximum absolute atomic E-state index is 12.7. The molecule has 31 heavy (non-hydrogen) atoms. The lowest BCUT2D eigenvalue weighted by molar-refractivity contribution is -0.123. The van der Waals surface area contributed by atoms with Crippen LogP contribution in [0.5, 0.6) is 0 Å². The number of nitrogens with one attached hydrogen (secondary N) is 1. The molecule has 3 aliphatic rings. The van der Waals surface area contributed by atoms with Crippen LogP contribution < -0.4 is 11.1 Å². The van der Waals surface area contributed by atoms with Crippen molar-refractivity contribution in [3.05, 3.63) is 35.9 Å². The van der Waals surface area contributed by atoms with Crippen molar-refractivity contribution in [3.63, 3.8) is 0 Å². The lowest BCUT2D eigenvalue weighted by atomic mass is 9.67. The second-order valence-corrected chi connectivity index (χ2v) is 10.5. The molecule has 1 aromatic carbocycles. The Bertz CT molecular complexity index is 834. The van der Waals surface area contributed by atoms with Gasteiger partial charge in [-0.05, 0) is 64.3 Å². The minimum Gasteiger partial charge on any atom is -0.399 e. The van der Waals surface area contributed by atoms with Crippen LogP contribution in [0.1, 0.15) is 40.0 Å². The first-order chi connectivity index (χ1) is 14.8. The van der Waals surface area contributed by atoms with Crippen LogP contribution in [-0.2, 0) is 19.0 Å². The Morgan fingerprint density at radius 1 is 1.35 bits per heavy atom. The number of nitrogens with two attached hydrogens (primary N) is 1. The van der Waals surface area contributed by atoms with Crippen LogP contribution >= 0.6 is 11.8 Å². The maximum Gasteiger partial charge on any atom is 0.230 e. The van der Waals surface area contributed by atoms with Gasteiger partial charge in [0, 0.05) is 23.6 Å². The SMILES string of the molecule is CO[C@H]1[C@H](C2(C)O[C@@H]2CC=C(C)C)[C@]2(CC[C@H]1NC(=O)CSc1ccc(N)cc1)CO2. The number of benzene rings is 1. The second-order valence-electron chi connectivity index (χ2n) is 9.41. The van der Waals surface area contributed by atoms with E-state index < -0.39 is 0 Å². The van der Waals surface area contributed by atoms with Crippen molar-refractivity contribution in [2.75, 3.05) is 25.2 Å². The number of methoxy groups -OCH3 is 1. The van der Waals surface area contributed by atoms with Crippen LogP contribution in [0.15, 0.2) is 40.8 Å². The normalized spacial score (nSPS) is 36.1. The fourth-order valence-corrected chi connectivity index (χ4v) is 5.81. The van der Waals surface area contributed by atoms with E-state index in [2.05, 4.69) is 32.2 Å². The summed E-state index contributed by atoms with van der Waals surface area (Å²) in [4.78, 5) is 13.7. The monoisotopic (exact) mass is 446 g/mol. The third kappa shape index (κ3) is 4.80. The number of amides is 1. The van der Waals surface area contributed by atoms with Gasteiger partial charge in [0.2, 0.25) is 5.91 Å². The van der Waals surface area contributed by atoms with Gasteiger partial charge in [-0.1, -0.05) is 11.6 Å².